The van der Waals surface area contributed by atoms with E-state index in [1.807, 2.05) is 19.1 Å². The van der Waals surface area contributed by atoms with Crippen LogP contribution in [0.25, 0.3) is 0 Å². The van der Waals surface area contributed by atoms with Gasteiger partial charge in [-0.15, -0.1) is 0 Å². The van der Waals surface area contributed by atoms with E-state index in [0.29, 0.717) is 6.04 Å². The molecule has 1 heteroatoms. The first-order chi connectivity index (χ1) is 5.70. The molecule has 1 unspecified atom stereocenters. The Morgan fingerprint density at radius 3 is 2.75 bits per heavy atom. The molecule has 0 radical (unpaired) electrons. The van der Waals surface area contributed by atoms with Crippen LogP contribution in [-0.4, -0.2) is 6.04 Å². The fourth-order valence-electron chi connectivity index (χ4n) is 0.930. The van der Waals surface area contributed by atoms with Crippen molar-refractivity contribution in [3.63, 3.8) is 0 Å². The van der Waals surface area contributed by atoms with Crippen molar-refractivity contribution in [3.05, 3.63) is 36.6 Å². The molecule has 0 aromatic carbocycles. The van der Waals surface area contributed by atoms with Crippen molar-refractivity contribution in [1.29, 1.82) is 0 Å². The third-order valence-corrected chi connectivity index (χ3v) is 1.44. The molecule has 0 aliphatic rings. The highest BCUT2D eigenvalue weighted by atomic mass is 14.9. The first kappa shape index (κ1) is 11.0. The lowest BCUT2D eigenvalue weighted by molar-refractivity contribution is 0.743. The Hall–Kier alpha value is -0.980. The lowest BCUT2D eigenvalue weighted by Crippen LogP contribution is -2.21. The number of rotatable bonds is 5. The Morgan fingerprint density at radius 1 is 1.58 bits per heavy atom. The number of nitrogens with one attached hydrogen (secondary N) is 1. The maximum atomic E-state index is 3.86. The zero-order valence-electron chi connectivity index (χ0n) is 8.30. The van der Waals surface area contributed by atoms with Gasteiger partial charge in [0.15, 0.2) is 0 Å². The standard InChI is InChI=1S/C11H19N/c1-5-7-9-11(4)12-10(3)8-6-2/h6-9,11-12H,3,5H2,1-2,4H3/b8-6-,9-7-. The van der Waals surface area contributed by atoms with Crippen LogP contribution in [0.5, 0.6) is 0 Å². The van der Waals surface area contributed by atoms with Crippen LogP contribution in [0.4, 0.5) is 0 Å². The number of hydrogen-bond acceptors (Lipinski definition) is 1. The minimum atomic E-state index is 0.369. The summed E-state index contributed by atoms with van der Waals surface area (Å²) in [6.07, 6.45) is 9.33. The van der Waals surface area contributed by atoms with E-state index in [9.17, 15) is 0 Å². The minimum absolute atomic E-state index is 0.369. The fourth-order valence-corrected chi connectivity index (χ4v) is 0.930. The molecule has 68 valence electrons. The SMILES string of the molecule is C=C(/C=C\C)NC(C)/C=C\CC. The van der Waals surface area contributed by atoms with Crippen molar-refractivity contribution in [2.45, 2.75) is 33.2 Å². The van der Waals surface area contributed by atoms with Crippen LogP contribution in [0.1, 0.15) is 27.2 Å². The van der Waals surface area contributed by atoms with Gasteiger partial charge in [-0.1, -0.05) is 31.7 Å². The van der Waals surface area contributed by atoms with Gasteiger partial charge in [-0.2, -0.15) is 0 Å². The van der Waals surface area contributed by atoms with Crippen molar-refractivity contribution < 1.29 is 0 Å². The second kappa shape index (κ2) is 6.71. The molecule has 1 nitrogen and oxygen atoms in total. The van der Waals surface area contributed by atoms with Gasteiger partial charge in [-0.25, -0.2) is 0 Å². The van der Waals surface area contributed by atoms with Gasteiger partial charge in [-0.05, 0) is 26.3 Å². The Morgan fingerprint density at radius 2 is 2.25 bits per heavy atom. The molecule has 0 aliphatic heterocycles. The molecule has 1 N–H and O–H groups in total. The number of allylic oxidation sites excluding steroid dienone is 3. The predicted molar refractivity (Wildman–Crippen MR) is 56.0 cm³/mol. The molecule has 0 fully saturated rings. The van der Waals surface area contributed by atoms with E-state index < -0.39 is 0 Å². The zero-order chi connectivity index (χ0) is 9.40. The van der Waals surface area contributed by atoms with Crippen LogP contribution in [0.2, 0.25) is 0 Å². The molecule has 0 spiro atoms. The highest BCUT2D eigenvalue weighted by Crippen LogP contribution is 1.93. The Labute approximate surface area is 75.9 Å². The summed E-state index contributed by atoms with van der Waals surface area (Å²) in [4.78, 5) is 0. The molecule has 12 heavy (non-hydrogen) atoms. The van der Waals surface area contributed by atoms with Crippen LogP contribution in [-0.2, 0) is 0 Å². The zero-order valence-corrected chi connectivity index (χ0v) is 8.30. The molecule has 0 aromatic rings. The molecular formula is C11H19N. The predicted octanol–water partition coefficient (Wildman–Crippen LogP) is 3.02. The molecule has 0 saturated carbocycles. The second-order valence-electron chi connectivity index (χ2n) is 2.79. The lowest BCUT2D eigenvalue weighted by Gasteiger charge is -2.10. The average Bonchev–Trinajstić information content (AvgIpc) is 2.01. The van der Waals surface area contributed by atoms with Crippen LogP contribution in [0.3, 0.4) is 0 Å². The molecule has 0 aliphatic carbocycles. The summed E-state index contributed by atoms with van der Waals surface area (Å²) in [5, 5.41) is 3.25. The summed E-state index contributed by atoms with van der Waals surface area (Å²) in [7, 11) is 0. The van der Waals surface area contributed by atoms with Gasteiger partial charge in [0.1, 0.15) is 0 Å². The number of hydrogen-bond donors (Lipinski definition) is 1. The fraction of sp³-hybridized carbons (Fsp3) is 0.455. The van der Waals surface area contributed by atoms with Crippen LogP contribution in [0, 0.1) is 0 Å². The smallest absolute Gasteiger partial charge is 0.0415 e. The van der Waals surface area contributed by atoms with Gasteiger partial charge in [0.25, 0.3) is 0 Å². The summed E-state index contributed by atoms with van der Waals surface area (Å²) in [6, 6.07) is 0.369. The Bertz CT molecular complexity index is 177. The van der Waals surface area contributed by atoms with Gasteiger partial charge in [0.05, 0.1) is 0 Å². The first-order valence-electron chi connectivity index (χ1n) is 4.45. The lowest BCUT2D eigenvalue weighted by atomic mass is 10.2. The van der Waals surface area contributed by atoms with E-state index in [2.05, 4.69) is 37.9 Å². The van der Waals surface area contributed by atoms with Crippen LogP contribution < -0.4 is 5.32 Å². The van der Waals surface area contributed by atoms with Crippen molar-refractivity contribution in [2.75, 3.05) is 0 Å². The molecule has 0 heterocycles. The van der Waals surface area contributed by atoms with Crippen molar-refractivity contribution in [3.8, 4) is 0 Å². The van der Waals surface area contributed by atoms with E-state index in [1.54, 1.807) is 0 Å². The van der Waals surface area contributed by atoms with Crippen molar-refractivity contribution >= 4 is 0 Å². The van der Waals surface area contributed by atoms with Crippen molar-refractivity contribution in [1.82, 2.24) is 5.32 Å². The largest absolute Gasteiger partial charge is 0.380 e. The monoisotopic (exact) mass is 165 g/mol. The van der Waals surface area contributed by atoms with Gasteiger partial charge < -0.3 is 5.32 Å². The van der Waals surface area contributed by atoms with E-state index >= 15 is 0 Å². The van der Waals surface area contributed by atoms with Crippen LogP contribution >= 0.6 is 0 Å². The summed E-state index contributed by atoms with van der Waals surface area (Å²) >= 11 is 0. The molecule has 0 rings (SSSR count). The molecule has 0 bridgehead atoms. The molecule has 0 aromatic heterocycles. The Balaban J connectivity index is 3.76. The molecule has 0 amide bonds. The van der Waals surface area contributed by atoms with E-state index in [-0.39, 0.29) is 0 Å². The van der Waals surface area contributed by atoms with Crippen LogP contribution in [0.15, 0.2) is 36.6 Å². The third kappa shape index (κ3) is 5.78. The van der Waals surface area contributed by atoms with Gasteiger partial charge in [0.2, 0.25) is 0 Å². The molecule has 1 atom stereocenters. The summed E-state index contributed by atoms with van der Waals surface area (Å²) < 4.78 is 0. The summed E-state index contributed by atoms with van der Waals surface area (Å²) in [5.74, 6) is 0. The summed E-state index contributed by atoms with van der Waals surface area (Å²) in [6.45, 7) is 10.1. The van der Waals surface area contributed by atoms with E-state index in [0.717, 1.165) is 12.1 Å². The highest BCUT2D eigenvalue weighted by Gasteiger charge is 1.93. The summed E-state index contributed by atoms with van der Waals surface area (Å²) in [5.41, 5.74) is 0.964. The maximum Gasteiger partial charge on any atom is 0.0415 e. The normalized spacial score (nSPS) is 13.9. The van der Waals surface area contributed by atoms with Gasteiger partial charge in [-0.3, -0.25) is 0 Å². The quantitative estimate of drug-likeness (QED) is 0.488. The average molecular weight is 165 g/mol. The highest BCUT2D eigenvalue weighted by molar-refractivity contribution is 5.13. The molecule has 0 saturated heterocycles. The Kier molecular flexibility index (Phi) is 6.16. The topological polar surface area (TPSA) is 12.0 Å². The maximum absolute atomic E-state index is 3.86. The van der Waals surface area contributed by atoms with Gasteiger partial charge in [0, 0.05) is 11.7 Å². The third-order valence-electron chi connectivity index (χ3n) is 1.44. The second-order valence-corrected chi connectivity index (χ2v) is 2.79. The van der Waals surface area contributed by atoms with E-state index in [4.69, 9.17) is 0 Å². The first-order valence-corrected chi connectivity index (χ1v) is 4.45. The minimum Gasteiger partial charge on any atom is -0.380 e. The molecular weight excluding hydrogens is 146 g/mol. The van der Waals surface area contributed by atoms with E-state index in [1.165, 1.54) is 0 Å². The van der Waals surface area contributed by atoms with Gasteiger partial charge >= 0.3 is 0 Å². The van der Waals surface area contributed by atoms with Crippen molar-refractivity contribution in [2.24, 2.45) is 0 Å².